The molecule has 3 rings (SSSR count). The minimum atomic E-state index is -0.322. The number of nitrogens with one attached hydrogen (secondary N) is 1. The number of benzene rings is 1. The molecule has 2 heterocycles. The lowest BCUT2D eigenvalue weighted by Gasteiger charge is -2.30. The number of oxazole rings is 1. The third-order valence-corrected chi connectivity index (χ3v) is 2.91. The molecule has 5 heteroatoms. The van der Waals surface area contributed by atoms with E-state index < -0.39 is 0 Å². The molecule has 5 nitrogen and oxygen atoms in total. The molecule has 1 aliphatic rings. The summed E-state index contributed by atoms with van der Waals surface area (Å²) in [5.74, 6) is 0. The number of piperazine rings is 1. The van der Waals surface area contributed by atoms with Gasteiger partial charge in [0.1, 0.15) is 11.6 Å². The van der Waals surface area contributed by atoms with Gasteiger partial charge in [0.15, 0.2) is 5.58 Å². The maximum absolute atomic E-state index is 10.9. The van der Waals surface area contributed by atoms with Crippen LogP contribution in [-0.4, -0.2) is 36.9 Å². The van der Waals surface area contributed by atoms with Crippen molar-refractivity contribution in [3.05, 3.63) is 24.3 Å². The Hall–Kier alpha value is -1.88. The Morgan fingerprint density at radius 2 is 2.35 bits per heavy atom. The highest BCUT2D eigenvalue weighted by Gasteiger charge is 2.26. The standard InChI is InChI=1S/C12H12N3O2/c16-8-9-7-13-5-6-15(9)12-14-10-3-1-2-4-11(10)17-12/h1-4,9,13H,5-7H2. The molecule has 1 saturated heterocycles. The molecule has 1 aromatic heterocycles. The van der Waals surface area contributed by atoms with E-state index in [2.05, 4.69) is 10.3 Å². The first kappa shape index (κ1) is 10.3. The molecule has 0 saturated carbocycles. The number of para-hydroxylation sites is 2. The van der Waals surface area contributed by atoms with E-state index in [4.69, 9.17) is 4.42 Å². The molecule has 0 amide bonds. The van der Waals surface area contributed by atoms with Crippen molar-refractivity contribution in [3.63, 3.8) is 0 Å². The van der Waals surface area contributed by atoms with Gasteiger partial charge in [-0.2, -0.15) is 4.98 Å². The molecule has 0 spiro atoms. The molecule has 1 fully saturated rings. The number of rotatable bonds is 2. The fraction of sp³-hybridized carbons (Fsp3) is 0.333. The van der Waals surface area contributed by atoms with E-state index in [1.54, 1.807) is 0 Å². The van der Waals surface area contributed by atoms with Gasteiger partial charge in [-0.3, -0.25) is 4.79 Å². The minimum absolute atomic E-state index is 0.322. The number of hydrogen-bond acceptors (Lipinski definition) is 5. The van der Waals surface area contributed by atoms with E-state index >= 15 is 0 Å². The van der Waals surface area contributed by atoms with Crippen molar-refractivity contribution < 1.29 is 9.21 Å². The fourth-order valence-corrected chi connectivity index (χ4v) is 2.02. The second-order valence-corrected chi connectivity index (χ2v) is 4.00. The SMILES string of the molecule is O=[C]C1CNCCN1c1nc2ccccc2o1. The van der Waals surface area contributed by atoms with Gasteiger partial charge < -0.3 is 14.6 Å². The first-order chi connectivity index (χ1) is 8.38. The van der Waals surface area contributed by atoms with E-state index in [1.165, 1.54) is 0 Å². The molecule has 0 bridgehead atoms. The van der Waals surface area contributed by atoms with Gasteiger partial charge in [0.2, 0.25) is 6.29 Å². The van der Waals surface area contributed by atoms with Crippen LogP contribution in [-0.2, 0) is 4.79 Å². The average Bonchev–Trinajstić information content (AvgIpc) is 2.82. The number of carbonyl (C=O) groups excluding carboxylic acids is 1. The summed E-state index contributed by atoms with van der Waals surface area (Å²) in [6, 6.07) is 7.75. The van der Waals surface area contributed by atoms with E-state index in [0.29, 0.717) is 19.1 Å². The number of fused-ring (bicyclic) bond motifs is 1. The zero-order chi connectivity index (χ0) is 11.7. The highest BCUT2D eigenvalue weighted by atomic mass is 16.4. The summed E-state index contributed by atoms with van der Waals surface area (Å²) < 4.78 is 5.65. The maximum atomic E-state index is 10.9. The molecule has 17 heavy (non-hydrogen) atoms. The molecule has 87 valence electrons. The van der Waals surface area contributed by atoms with Gasteiger partial charge in [0, 0.05) is 19.6 Å². The van der Waals surface area contributed by atoms with Crippen molar-refractivity contribution in [2.75, 3.05) is 24.5 Å². The van der Waals surface area contributed by atoms with Crippen LogP contribution in [0.5, 0.6) is 0 Å². The van der Waals surface area contributed by atoms with Crippen molar-refractivity contribution in [2.24, 2.45) is 0 Å². The highest BCUT2D eigenvalue weighted by molar-refractivity contribution is 5.75. The molecule has 1 atom stereocenters. The molecule has 2 aromatic rings. The first-order valence-electron chi connectivity index (χ1n) is 5.59. The summed E-state index contributed by atoms with van der Waals surface area (Å²) >= 11 is 0. The Morgan fingerprint density at radius 1 is 1.47 bits per heavy atom. The van der Waals surface area contributed by atoms with Crippen LogP contribution < -0.4 is 10.2 Å². The largest absolute Gasteiger partial charge is 0.423 e. The van der Waals surface area contributed by atoms with Gasteiger partial charge in [0.25, 0.3) is 6.01 Å². The quantitative estimate of drug-likeness (QED) is 0.823. The van der Waals surface area contributed by atoms with Gasteiger partial charge in [-0.25, -0.2) is 0 Å². The van der Waals surface area contributed by atoms with Crippen molar-refractivity contribution in [1.82, 2.24) is 10.3 Å². The van der Waals surface area contributed by atoms with Crippen LogP contribution in [0.4, 0.5) is 6.01 Å². The summed E-state index contributed by atoms with van der Waals surface area (Å²) in [6.45, 7) is 2.10. The minimum Gasteiger partial charge on any atom is -0.423 e. The lowest BCUT2D eigenvalue weighted by Crippen LogP contribution is -2.52. The van der Waals surface area contributed by atoms with Gasteiger partial charge >= 0.3 is 0 Å². The summed E-state index contributed by atoms with van der Waals surface area (Å²) in [7, 11) is 0. The van der Waals surface area contributed by atoms with Crippen LogP contribution >= 0.6 is 0 Å². The van der Waals surface area contributed by atoms with E-state index in [9.17, 15) is 4.79 Å². The van der Waals surface area contributed by atoms with Crippen molar-refractivity contribution >= 4 is 23.4 Å². The molecule has 1 N–H and O–H groups in total. The number of hydrogen-bond donors (Lipinski definition) is 1. The third-order valence-electron chi connectivity index (χ3n) is 2.91. The molecule has 1 unspecified atom stereocenters. The summed E-state index contributed by atoms with van der Waals surface area (Å²) in [4.78, 5) is 17.1. The van der Waals surface area contributed by atoms with Crippen LogP contribution in [0.1, 0.15) is 0 Å². The summed E-state index contributed by atoms with van der Waals surface area (Å²) in [6.07, 6.45) is 2.01. The fourth-order valence-electron chi connectivity index (χ4n) is 2.02. The van der Waals surface area contributed by atoms with Gasteiger partial charge in [-0.05, 0) is 12.1 Å². The Balaban J connectivity index is 1.98. The zero-order valence-electron chi connectivity index (χ0n) is 9.22. The average molecular weight is 230 g/mol. The molecule has 1 aliphatic heterocycles. The normalized spacial score (nSPS) is 20.7. The van der Waals surface area contributed by atoms with Crippen LogP contribution in [0.25, 0.3) is 11.1 Å². The van der Waals surface area contributed by atoms with Crippen LogP contribution in [0.2, 0.25) is 0 Å². The predicted octanol–water partition coefficient (Wildman–Crippen LogP) is 0.716. The summed E-state index contributed by atoms with van der Waals surface area (Å²) in [5.41, 5.74) is 1.55. The van der Waals surface area contributed by atoms with Gasteiger partial charge in [-0.15, -0.1) is 0 Å². The molecular weight excluding hydrogens is 218 g/mol. The van der Waals surface area contributed by atoms with Gasteiger partial charge in [-0.1, -0.05) is 12.1 Å². The first-order valence-corrected chi connectivity index (χ1v) is 5.59. The Labute approximate surface area is 98.4 Å². The molecule has 1 radical (unpaired) electrons. The Kier molecular flexibility index (Phi) is 2.53. The topological polar surface area (TPSA) is 58.4 Å². The summed E-state index contributed by atoms with van der Waals surface area (Å²) in [5, 5.41) is 3.15. The van der Waals surface area contributed by atoms with Crippen molar-refractivity contribution in [2.45, 2.75) is 6.04 Å². The third kappa shape index (κ3) is 1.78. The van der Waals surface area contributed by atoms with Crippen LogP contribution in [0.3, 0.4) is 0 Å². The second kappa shape index (κ2) is 4.18. The monoisotopic (exact) mass is 230 g/mol. The highest BCUT2D eigenvalue weighted by Crippen LogP contribution is 2.23. The van der Waals surface area contributed by atoms with Crippen LogP contribution in [0, 0.1) is 0 Å². The Morgan fingerprint density at radius 3 is 3.18 bits per heavy atom. The molecular formula is C12H12N3O2. The molecule has 1 aromatic carbocycles. The number of nitrogens with zero attached hydrogens (tertiary/aromatic N) is 2. The lowest BCUT2D eigenvalue weighted by molar-refractivity contribution is 0.464. The van der Waals surface area contributed by atoms with E-state index in [1.807, 2.05) is 35.5 Å². The van der Waals surface area contributed by atoms with Crippen molar-refractivity contribution in [1.29, 1.82) is 0 Å². The predicted molar refractivity (Wildman–Crippen MR) is 63.7 cm³/mol. The maximum Gasteiger partial charge on any atom is 0.299 e. The van der Waals surface area contributed by atoms with Crippen LogP contribution in [0.15, 0.2) is 28.7 Å². The van der Waals surface area contributed by atoms with E-state index in [0.717, 1.165) is 17.6 Å². The van der Waals surface area contributed by atoms with E-state index in [-0.39, 0.29) is 6.04 Å². The van der Waals surface area contributed by atoms with Crippen molar-refractivity contribution in [3.8, 4) is 0 Å². The second-order valence-electron chi connectivity index (χ2n) is 4.00. The number of anilines is 1. The molecule has 0 aliphatic carbocycles. The lowest BCUT2D eigenvalue weighted by atomic mass is 10.2. The zero-order valence-corrected chi connectivity index (χ0v) is 9.22. The number of aromatic nitrogens is 1. The smallest absolute Gasteiger partial charge is 0.299 e. The van der Waals surface area contributed by atoms with Gasteiger partial charge in [0.05, 0.1) is 0 Å². The Bertz CT molecular complexity index is 504.